The molecule has 1 fully saturated rings. The first-order chi connectivity index (χ1) is 13.4. The number of rotatable bonds is 8. The molecule has 0 aromatic heterocycles. The molecule has 2 rings (SSSR count). The van der Waals surface area contributed by atoms with Gasteiger partial charge in [-0.05, 0) is 42.7 Å². The second-order valence-electron chi connectivity index (χ2n) is 7.01. The van der Waals surface area contributed by atoms with Crippen molar-refractivity contribution in [2.24, 2.45) is 5.92 Å². The molecule has 2 heterocycles. The van der Waals surface area contributed by atoms with E-state index in [1.165, 1.54) is 11.8 Å². The Bertz CT molecular complexity index is 663. The average Bonchev–Trinajstić information content (AvgIpc) is 2.71. The molecule has 7 heteroatoms. The van der Waals surface area contributed by atoms with Crippen molar-refractivity contribution in [2.75, 3.05) is 45.5 Å². The zero-order valence-corrected chi connectivity index (χ0v) is 17.5. The molecular weight excluding hydrogens is 372 g/mol. The molecule has 6 nitrogen and oxygen atoms in total. The van der Waals surface area contributed by atoms with Gasteiger partial charge in [-0.25, -0.2) is 0 Å². The van der Waals surface area contributed by atoms with E-state index in [2.05, 4.69) is 29.5 Å². The third-order valence-electron chi connectivity index (χ3n) is 5.31. The highest BCUT2D eigenvalue weighted by molar-refractivity contribution is 8.13. The number of hydrogen-bond donors (Lipinski definition) is 3. The highest BCUT2D eigenvalue weighted by atomic mass is 32.2. The summed E-state index contributed by atoms with van der Waals surface area (Å²) < 4.78 is 0. The number of aliphatic hydroxyl groups excluding tert-OH is 1. The summed E-state index contributed by atoms with van der Waals surface area (Å²) in [7, 11) is 0. The van der Waals surface area contributed by atoms with Crippen LogP contribution in [-0.2, 0) is 0 Å². The lowest BCUT2D eigenvalue weighted by molar-refractivity contribution is -0.0895. The minimum absolute atomic E-state index is 0.231. The Morgan fingerprint density at radius 2 is 1.93 bits per heavy atom. The molecule has 0 radical (unpaired) electrons. The van der Waals surface area contributed by atoms with Gasteiger partial charge in [0, 0.05) is 56.6 Å². The first-order valence-corrected chi connectivity index (χ1v) is 10.7. The van der Waals surface area contributed by atoms with E-state index in [0.29, 0.717) is 18.0 Å². The number of hydrogen-bond acceptors (Lipinski definition) is 7. The van der Waals surface area contributed by atoms with Gasteiger partial charge in [0.15, 0.2) is 6.29 Å². The quantitative estimate of drug-likeness (QED) is 0.249. The molecule has 0 spiro atoms. The van der Waals surface area contributed by atoms with Gasteiger partial charge in [0.25, 0.3) is 0 Å². The van der Waals surface area contributed by atoms with E-state index in [-0.39, 0.29) is 5.92 Å². The first kappa shape index (κ1) is 22.5. The van der Waals surface area contributed by atoms with Crippen molar-refractivity contribution in [3.8, 4) is 0 Å². The van der Waals surface area contributed by atoms with Gasteiger partial charge in [0.2, 0.25) is 0 Å². The Morgan fingerprint density at radius 1 is 1.25 bits per heavy atom. The highest BCUT2D eigenvalue weighted by Crippen LogP contribution is 2.29. The number of aliphatic hydroxyl groups is 2. The molecule has 2 aliphatic rings. The summed E-state index contributed by atoms with van der Waals surface area (Å²) in [6, 6.07) is 0. The summed E-state index contributed by atoms with van der Waals surface area (Å²) in [6.07, 6.45) is 8.44. The number of thioether (sulfide) groups is 1. The smallest absolute Gasteiger partial charge is 0.156 e. The van der Waals surface area contributed by atoms with Gasteiger partial charge in [-0.15, -0.1) is 11.8 Å². The van der Waals surface area contributed by atoms with Gasteiger partial charge in [-0.1, -0.05) is 19.7 Å². The maximum atomic E-state index is 9.68. The molecule has 0 bridgehead atoms. The SMILES string of the molecule is C=CC1=C(CN2CCN(/C(C=C)=C/C(=N)SC)CC2)CC(C(O)O)CN1C=C. The molecule has 28 heavy (non-hydrogen) atoms. The predicted molar refractivity (Wildman–Crippen MR) is 118 cm³/mol. The summed E-state index contributed by atoms with van der Waals surface area (Å²) in [4.78, 5) is 6.59. The largest absolute Gasteiger partial charge is 0.369 e. The molecule has 1 saturated heterocycles. The summed E-state index contributed by atoms with van der Waals surface area (Å²) in [6.45, 7) is 16.5. The molecule has 0 saturated carbocycles. The Labute approximate surface area is 172 Å². The Morgan fingerprint density at radius 3 is 2.43 bits per heavy atom. The van der Waals surface area contributed by atoms with Crippen molar-refractivity contribution in [1.82, 2.24) is 14.7 Å². The van der Waals surface area contributed by atoms with Gasteiger partial charge in [-0.3, -0.25) is 10.3 Å². The lowest BCUT2D eigenvalue weighted by Crippen LogP contribution is -2.47. The van der Waals surface area contributed by atoms with Gasteiger partial charge >= 0.3 is 0 Å². The second-order valence-corrected chi connectivity index (χ2v) is 7.86. The molecular formula is C21H32N4O2S. The standard InChI is InChI=1S/C21H32N4O2S/c1-5-18(13-20(22)28-4)25-10-8-23(9-11-25)14-16-12-17(21(26)27)15-24(7-3)19(16)6-2/h5-7,13,17,21-22,26-27H,1-3,8-12,14-15H2,4H3/b18-13+,22-20?. The molecule has 3 N–H and O–H groups in total. The molecule has 2 aliphatic heterocycles. The van der Waals surface area contributed by atoms with Crippen molar-refractivity contribution in [1.29, 1.82) is 5.41 Å². The van der Waals surface area contributed by atoms with Crippen LogP contribution < -0.4 is 0 Å². The van der Waals surface area contributed by atoms with Crippen molar-refractivity contribution in [2.45, 2.75) is 12.7 Å². The number of allylic oxidation sites excluding steroid dienone is 2. The molecule has 154 valence electrons. The molecule has 0 aliphatic carbocycles. The normalized spacial score (nSPS) is 21.9. The summed E-state index contributed by atoms with van der Waals surface area (Å²) in [5, 5.41) is 27.8. The van der Waals surface area contributed by atoms with Crippen LogP contribution in [0.4, 0.5) is 0 Å². The van der Waals surface area contributed by atoms with Gasteiger partial charge in [-0.2, -0.15) is 0 Å². The van der Waals surface area contributed by atoms with Crippen LogP contribution >= 0.6 is 11.8 Å². The third-order valence-corrected chi connectivity index (χ3v) is 5.86. The molecule has 0 aromatic carbocycles. The summed E-state index contributed by atoms with van der Waals surface area (Å²) >= 11 is 1.42. The van der Waals surface area contributed by atoms with Crippen molar-refractivity contribution < 1.29 is 10.2 Å². The van der Waals surface area contributed by atoms with E-state index in [1.807, 2.05) is 29.4 Å². The van der Waals surface area contributed by atoms with Crippen LogP contribution in [0.3, 0.4) is 0 Å². The average molecular weight is 405 g/mol. The van der Waals surface area contributed by atoms with Gasteiger partial charge in [0.05, 0.1) is 5.04 Å². The van der Waals surface area contributed by atoms with Crippen molar-refractivity contribution >= 4 is 16.8 Å². The molecule has 1 unspecified atom stereocenters. The Balaban J connectivity index is 2.06. The summed E-state index contributed by atoms with van der Waals surface area (Å²) in [5.41, 5.74) is 3.18. The maximum absolute atomic E-state index is 9.68. The van der Waals surface area contributed by atoms with Crippen LogP contribution in [0.2, 0.25) is 0 Å². The van der Waals surface area contributed by atoms with E-state index in [1.54, 1.807) is 6.20 Å². The van der Waals surface area contributed by atoms with Crippen molar-refractivity contribution in [3.05, 3.63) is 61.1 Å². The van der Waals surface area contributed by atoms with Gasteiger partial charge < -0.3 is 20.0 Å². The zero-order chi connectivity index (χ0) is 20.7. The minimum atomic E-state index is -1.34. The molecule has 0 aromatic rings. The number of piperazine rings is 1. The fourth-order valence-corrected chi connectivity index (χ4v) is 3.96. The molecule has 0 amide bonds. The van der Waals surface area contributed by atoms with Crippen LogP contribution in [0.15, 0.2) is 61.1 Å². The van der Waals surface area contributed by atoms with Gasteiger partial charge in [0.1, 0.15) is 0 Å². The lowest BCUT2D eigenvalue weighted by atomic mass is 9.91. The lowest BCUT2D eigenvalue weighted by Gasteiger charge is -2.40. The number of nitrogens with zero attached hydrogens (tertiary/aromatic N) is 3. The van der Waals surface area contributed by atoms with E-state index >= 15 is 0 Å². The van der Waals surface area contributed by atoms with Crippen LogP contribution in [-0.4, -0.2) is 81.8 Å². The van der Waals surface area contributed by atoms with E-state index in [4.69, 9.17) is 5.41 Å². The second kappa shape index (κ2) is 10.7. The molecule has 1 atom stereocenters. The summed E-state index contributed by atoms with van der Waals surface area (Å²) in [5.74, 6) is -0.231. The van der Waals surface area contributed by atoms with Crippen LogP contribution in [0.25, 0.3) is 0 Å². The highest BCUT2D eigenvalue weighted by Gasteiger charge is 2.29. The maximum Gasteiger partial charge on any atom is 0.156 e. The van der Waals surface area contributed by atoms with E-state index < -0.39 is 6.29 Å². The van der Waals surface area contributed by atoms with E-state index in [9.17, 15) is 10.2 Å². The monoisotopic (exact) mass is 404 g/mol. The van der Waals surface area contributed by atoms with Crippen molar-refractivity contribution in [3.63, 3.8) is 0 Å². The predicted octanol–water partition coefficient (Wildman–Crippen LogP) is 2.23. The van der Waals surface area contributed by atoms with Crippen LogP contribution in [0.1, 0.15) is 6.42 Å². The Kier molecular flexibility index (Phi) is 8.57. The fraction of sp³-hybridized carbons (Fsp3) is 0.476. The van der Waals surface area contributed by atoms with E-state index in [0.717, 1.165) is 49.7 Å². The first-order valence-electron chi connectivity index (χ1n) is 9.47. The topological polar surface area (TPSA) is 74.0 Å². The van der Waals surface area contributed by atoms with Crippen LogP contribution in [0.5, 0.6) is 0 Å². The number of nitrogens with one attached hydrogen (secondary N) is 1. The Hall–Kier alpha value is -1.80. The van der Waals surface area contributed by atoms with Crippen LogP contribution in [0, 0.1) is 11.3 Å². The third kappa shape index (κ3) is 5.61. The zero-order valence-electron chi connectivity index (χ0n) is 16.7. The minimum Gasteiger partial charge on any atom is -0.369 e. The fourth-order valence-electron chi connectivity index (χ4n) is 3.73.